The van der Waals surface area contributed by atoms with Crippen LogP contribution in [0.3, 0.4) is 0 Å². The van der Waals surface area contributed by atoms with Gasteiger partial charge in [0.15, 0.2) is 0 Å². The fourth-order valence-electron chi connectivity index (χ4n) is 5.41. The first kappa shape index (κ1) is 25.6. The van der Waals surface area contributed by atoms with E-state index in [1.807, 2.05) is 12.1 Å². The van der Waals surface area contributed by atoms with Crippen molar-refractivity contribution in [3.05, 3.63) is 71.1 Å². The summed E-state index contributed by atoms with van der Waals surface area (Å²) in [6.07, 6.45) is 4.27. The van der Waals surface area contributed by atoms with E-state index in [0.717, 1.165) is 44.0 Å². The maximum atomic E-state index is 12.9. The molecule has 1 aromatic heterocycles. The van der Waals surface area contributed by atoms with Gasteiger partial charge in [-0.2, -0.15) is 4.98 Å². The van der Waals surface area contributed by atoms with Crippen molar-refractivity contribution >= 4 is 5.91 Å². The third-order valence-electron chi connectivity index (χ3n) is 7.80. The third kappa shape index (κ3) is 7.05. The molecular formula is C30H39N5O2. The van der Waals surface area contributed by atoms with Crippen LogP contribution in [0.4, 0.5) is 0 Å². The smallest absolute Gasteiger partial charge is 0.241 e. The van der Waals surface area contributed by atoms with E-state index in [2.05, 4.69) is 75.5 Å². The molecule has 0 atom stereocenters. The second-order valence-corrected chi connectivity index (χ2v) is 10.9. The zero-order chi connectivity index (χ0) is 25.6. The van der Waals surface area contributed by atoms with E-state index in [9.17, 15) is 4.79 Å². The molecule has 0 radical (unpaired) electrons. The van der Waals surface area contributed by atoms with E-state index in [1.54, 1.807) is 0 Å². The van der Waals surface area contributed by atoms with Crippen LogP contribution in [0, 0.1) is 18.8 Å². The highest BCUT2D eigenvalue weighted by atomic mass is 16.5. The van der Waals surface area contributed by atoms with E-state index >= 15 is 0 Å². The molecule has 196 valence electrons. The molecular weight excluding hydrogens is 462 g/mol. The number of hydrogen-bond donors (Lipinski definition) is 1. The van der Waals surface area contributed by atoms with Gasteiger partial charge in [0.2, 0.25) is 17.6 Å². The van der Waals surface area contributed by atoms with Crippen molar-refractivity contribution in [2.45, 2.75) is 59.2 Å². The lowest BCUT2D eigenvalue weighted by Gasteiger charge is -2.30. The quantitative estimate of drug-likeness (QED) is 0.478. The van der Waals surface area contributed by atoms with Gasteiger partial charge in [-0.15, -0.1) is 0 Å². The van der Waals surface area contributed by atoms with E-state index in [-0.39, 0.29) is 11.8 Å². The number of rotatable bonds is 8. The molecule has 0 saturated carbocycles. The summed E-state index contributed by atoms with van der Waals surface area (Å²) >= 11 is 0. The molecule has 7 nitrogen and oxygen atoms in total. The first-order valence-corrected chi connectivity index (χ1v) is 13.7. The van der Waals surface area contributed by atoms with E-state index in [0.29, 0.717) is 24.8 Å². The van der Waals surface area contributed by atoms with Gasteiger partial charge in [0, 0.05) is 24.6 Å². The summed E-state index contributed by atoms with van der Waals surface area (Å²) < 4.78 is 5.50. The molecule has 1 N–H and O–H groups in total. The third-order valence-corrected chi connectivity index (χ3v) is 7.80. The molecule has 0 spiro atoms. The summed E-state index contributed by atoms with van der Waals surface area (Å²) in [5.74, 6) is 2.32. The summed E-state index contributed by atoms with van der Waals surface area (Å²) in [6.45, 7) is 10.7. The van der Waals surface area contributed by atoms with Crippen molar-refractivity contribution in [3.8, 4) is 11.4 Å². The Morgan fingerprint density at radius 2 is 1.65 bits per heavy atom. The van der Waals surface area contributed by atoms with Gasteiger partial charge in [0.1, 0.15) is 0 Å². The summed E-state index contributed by atoms with van der Waals surface area (Å²) in [6, 6.07) is 16.8. The van der Waals surface area contributed by atoms with Crippen LogP contribution in [0.2, 0.25) is 0 Å². The lowest BCUT2D eigenvalue weighted by molar-refractivity contribution is -0.126. The fraction of sp³-hybridized carbons (Fsp3) is 0.500. The highest BCUT2D eigenvalue weighted by molar-refractivity contribution is 5.78. The minimum absolute atomic E-state index is 0.0558. The number of hydrogen-bond acceptors (Lipinski definition) is 6. The van der Waals surface area contributed by atoms with E-state index in [1.165, 1.54) is 42.6 Å². The molecule has 2 aliphatic heterocycles. The number of carbonyl (C=O) groups is 1. The van der Waals surface area contributed by atoms with Crippen LogP contribution in [0.5, 0.6) is 0 Å². The standard InChI is InChI=1S/C30H39N5O2/c1-22-9-13-34(14-10-22)20-25-7-4-6-24(18-25)19-31-30(36)26-11-15-35(16-12-26)21-28-32-29(33-37-28)27-8-3-5-23(2)17-27/h3-8,17-18,22,26H,9-16,19-21H2,1-2H3,(H,31,36). The van der Waals surface area contributed by atoms with Gasteiger partial charge in [0.05, 0.1) is 6.54 Å². The molecule has 0 unspecified atom stereocenters. The topological polar surface area (TPSA) is 74.5 Å². The summed E-state index contributed by atoms with van der Waals surface area (Å²) in [4.78, 5) is 22.3. The van der Waals surface area contributed by atoms with Gasteiger partial charge in [-0.25, -0.2) is 0 Å². The Balaban J connectivity index is 1.05. The maximum absolute atomic E-state index is 12.9. The zero-order valence-corrected chi connectivity index (χ0v) is 22.2. The minimum atomic E-state index is 0.0558. The molecule has 37 heavy (non-hydrogen) atoms. The monoisotopic (exact) mass is 501 g/mol. The predicted molar refractivity (Wildman–Crippen MR) is 144 cm³/mol. The van der Waals surface area contributed by atoms with Crippen LogP contribution >= 0.6 is 0 Å². The Bertz CT molecular complexity index is 1180. The first-order chi connectivity index (χ1) is 18.0. The predicted octanol–water partition coefficient (Wildman–Crippen LogP) is 4.81. The molecule has 3 heterocycles. The van der Waals surface area contributed by atoms with Crippen molar-refractivity contribution < 1.29 is 9.32 Å². The molecule has 2 aliphatic rings. The Labute approximate surface area is 220 Å². The number of piperidine rings is 2. The van der Waals surface area contributed by atoms with Gasteiger partial charge in [-0.05, 0) is 81.9 Å². The maximum Gasteiger partial charge on any atom is 0.241 e. The number of benzene rings is 2. The average molecular weight is 502 g/mol. The van der Waals surface area contributed by atoms with Gasteiger partial charge in [-0.3, -0.25) is 14.6 Å². The molecule has 7 heteroatoms. The number of aryl methyl sites for hydroxylation is 1. The normalized spacial score (nSPS) is 18.2. The van der Waals surface area contributed by atoms with Crippen molar-refractivity contribution in [2.24, 2.45) is 11.8 Å². The first-order valence-electron chi connectivity index (χ1n) is 13.7. The molecule has 2 fully saturated rings. The molecule has 3 aromatic rings. The largest absolute Gasteiger partial charge is 0.352 e. The van der Waals surface area contributed by atoms with E-state index in [4.69, 9.17) is 4.52 Å². The summed E-state index contributed by atoms with van der Waals surface area (Å²) in [7, 11) is 0. The number of nitrogens with zero attached hydrogens (tertiary/aromatic N) is 4. The fourth-order valence-corrected chi connectivity index (χ4v) is 5.41. The van der Waals surface area contributed by atoms with Gasteiger partial charge in [-0.1, -0.05) is 60.1 Å². The molecule has 2 saturated heterocycles. The Kier molecular flexibility index (Phi) is 8.31. The van der Waals surface area contributed by atoms with Crippen LogP contribution in [-0.4, -0.2) is 52.0 Å². The van der Waals surface area contributed by atoms with Gasteiger partial charge in [0.25, 0.3) is 0 Å². The van der Waals surface area contributed by atoms with Crippen molar-refractivity contribution in [2.75, 3.05) is 26.2 Å². The highest BCUT2D eigenvalue weighted by Crippen LogP contribution is 2.22. The molecule has 0 bridgehead atoms. The Hall–Kier alpha value is -3.03. The Morgan fingerprint density at radius 3 is 2.43 bits per heavy atom. The van der Waals surface area contributed by atoms with Gasteiger partial charge < -0.3 is 9.84 Å². The number of likely N-dealkylation sites (tertiary alicyclic amines) is 2. The lowest BCUT2D eigenvalue weighted by Crippen LogP contribution is -2.40. The van der Waals surface area contributed by atoms with Crippen LogP contribution in [0.1, 0.15) is 55.2 Å². The second-order valence-electron chi connectivity index (χ2n) is 10.9. The number of carbonyl (C=O) groups excluding carboxylic acids is 1. The summed E-state index contributed by atoms with van der Waals surface area (Å²) in [5.41, 5.74) is 4.65. The number of aromatic nitrogens is 2. The summed E-state index contributed by atoms with van der Waals surface area (Å²) in [5, 5.41) is 7.34. The number of nitrogens with one attached hydrogen (secondary N) is 1. The average Bonchev–Trinajstić information content (AvgIpc) is 3.38. The van der Waals surface area contributed by atoms with E-state index < -0.39 is 0 Å². The Morgan fingerprint density at radius 1 is 0.946 bits per heavy atom. The molecule has 2 aromatic carbocycles. The lowest BCUT2D eigenvalue weighted by atomic mass is 9.95. The van der Waals surface area contributed by atoms with Crippen LogP contribution in [-0.2, 0) is 24.4 Å². The zero-order valence-electron chi connectivity index (χ0n) is 22.2. The van der Waals surface area contributed by atoms with Crippen molar-refractivity contribution in [1.82, 2.24) is 25.3 Å². The number of amides is 1. The minimum Gasteiger partial charge on any atom is -0.352 e. The second kappa shape index (κ2) is 12.0. The van der Waals surface area contributed by atoms with Crippen LogP contribution < -0.4 is 5.32 Å². The SMILES string of the molecule is Cc1cccc(-c2noc(CN3CCC(C(=O)NCc4cccc(CN5CCC(C)CC5)c4)CC3)n2)c1. The molecule has 0 aliphatic carbocycles. The van der Waals surface area contributed by atoms with Gasteiger partial charge >= 0.3 is 0 Å². The molecule has 1 amide bonds. The highest BCUT2D eigenvalue weighted by Gasteiger charge is 2.26. The van der Waals surface area contributed by atoms with Crippen molar-refractivity contribution in [3.63, 3.8) is 0 Å². The van der Waals surface area contributed by atoms with Crippen LogP contribution in [0.25, 0.3) is 11.4 Å². The van der Waals surface area contributed by atoms with Crippen LogP contribution in [0.15, 0.2) is 53.1 Å². The van der Waals surface area contributed by atoms with Crippen molar-refractivity contribution in [1.29, 1.82) is 0 Å². The molecule has 5 rings (SSSR count).